The number of hydrogen-bond acceptors (Lipinski definition) is 6. The van der Waals surface area contributed by atoms with Gasteiger partial charge in [0.05, 0.1) is 17.2 Å². The fourth-order valence-corrected chi connectivity index (χ4v) is 3.71. The lowest BCUT2D eigenvalue weighted by molar-refractivity contribution is 0.554. The molecule has 2 atom stereocenters. The molecule has 0 amide bonds. The minimum Gasteiger partial charge on any atom is -0.313 e. The highest BCUT2D eigenvalue weighted by Crippen LogP contribution is 2.56. The summed E-state index contributed by atoms with van der Waals surface area (Å²) in [5, 5.41) is 17.1. The van der Waals surface area contributed by atoms with Gasteiger partial charge < -0.3 is 4.98 Å². The Morgan fingerprint density at radius 2 is 1.93 bits per heavy atom. The zero-order chi connectivity index (χ0) is 21.0. The Morgan fingerprint density at radius 1 is 1.17 bits per heavy atom. The summed E-state index contributed by atoms with van der Waals surface area (Å²) in [6.45, 7) is 0. The number of halogens is 2. The number of nitrogens with zero attached hydrogens (tertiary/aromatic N) is 5. The number of H-pyrrole nitrogens is 2. The molecule has 0 spiro atoms. The van der Waals surface area contributed by atoms with E-state index in [4.69, 9.17) is 5.26 Å². The predicted molar refractivity (Wildman–Crippen MR) is 98.6 cm³/mol. The van der Waals surface area contributed by atoms with Gasteiger partial charge >= 0.3 is 5.69 Å². The fourth-order valence-electron chi connectivity index (χ4n) is 3.71. The molecule has 0 radical (unpaired) electrons. The molecule has 148 valence electrons. The van der Waals surface area contributed by atoms with Gasteiger partial charge in [-0.2, -0.15) is 5.26 Å². The van der Waals surface area contributed by atoms with Crippen molar-refractivity contribution >= 4 is 5.65 Å². The maximum absolute atomic E-state index is 14.5. The molecular weight excluding hydrogens is 396 g/mol. The molecule has 0 aliphatic heterocycles. The second-order valence-electron chi connectivity index (χ2n) is 6.96. The van der Waals surface area contributed by atoms with Gasteiger partial charge in [0, 0.05) is 17.3 Å². The largest absolute Gasteiger partial charge is 0.325 e. The van der Waals surface area contributed by atoms with E-state index in [1.807, 2.05) is 0 Å². The van der Waals surface area contributed by atoms with Crippen LogP contribution in [-0.4, -0.2) is 29.8 Å². The maximum Gasteiger partial charge on any atom is 0.325 e. The molecule has 1 aliphatic rings. The van der Waals surface area contributed by atoms with Crippen LogP contribution in [0.3, 0.4) is 0 Å². The van der Waals surface area contributed by atoms with Crippen LogP contribution in [0.15, 0.2) is 40.3 Å². The Kier molecular flexibility index (Phi) is 3.82. The Balaban J connectivity index is 1.61. The van der Waals surface area contributed by atoms with E-state index in [0.29, 0.717) is 17.6 Å². The monoisotopic (exact) mass is 407 g/mol. The third-order valence-corrected chi connectivity index (χ3v) is 5.15. The van der Waals surface area contributed by atoms with Crippen LogP contribution >= 0.6 is 0 Å². The van der Waals surface area contributed by atoms with Crippen LogP contribution in [0.4, 0.5) is 8.78 Å². The van der Waals surface area contributed by atoms with Gasteiger partial charge in [-0.15, -0.1) is 14.8 Å². The fraction of sp³-hybridized carbons (Fsp3) is 0.158. The molecule has 0 bridgehead atoms. The molecule has 1 fully saturated rings. The topological polar surface area (TPSA) is 133 Å². The van der Waals surface area contributed by atoms with Crippen LogP contribution in [-0.2, 0) is 0 Å². The van der Waals surface area contributed by atoms with Crippen molar-refractivity contribution in [1.29, 1.82) is 5.26 Å². The first-order chi connectivity index (χ1) is 14.5. The van der Waals surface area contributed by atoms with Crippen molar-refractivity contribution in [3.8, 4) is 17.3 Å². The molecule has 0 saturated heterocycles. The molecule has 2 N–H and O–H groups in total. The van der Waals surface area contributed by atoms with E-state index in [0.717, 1.165) is 12.1 Å². The van der Waals surface area contributed by atoms with Gasteiger partial charge in [-0.1, -0.05) is 0 Å². The number of nitriles is 1. The van der Waals surface area contributed by atoms with Crippen molar-refractivity contribution in [3.63, 3.8) is 0 Å². The molecule has 1 aliphatic carbocycles. The lowest BCUT2D eigenvalue weighted by Gasteiger charge is -2.08. The zero-order valence-corrected chi connectivity index (χ0v) is 15.1. The average Bonchev–Trinajstić information content (AvgIpc) is 3.32. The number of hydrogen-bond donors (Lipinski definition) is 2. The number of benzene rings is 1. The highest BCUT2D eigenvalue weighted by Gasteiger charge is 2.44. The highest BCUT2D eigenvalue weighted by molar-refractivity contribution is 5.63. The lowest BCUT2D eigenvalue weighted by atomic mass is 10.0. The van der Waals surface area contributed by atoms with E-state index in [2.05, 4.69) is 25.1 Å². The minimum atomic E-state index is -0.775. The number of aromatic nitrogens is 6. The van der Waals surface area contributed by atoms with Crippen molar-refractivity contribution in [2.24, 2.45) is 0 Å². The van der Waals surface area contributed by atoms with E-state index in [9.17, 15) is 18.4 Å². The number of rotatable bonds is 3. The second kappa shape index (κ2) is 6.41. The van der Waals surface area contributed by atoms with Gasteiger partial charge in [-0.05, 0) is 36.5 Å². The highest BCUT2D eigenvalue weighted by atomic mass is 19.1. The maximum atomic E-state index is 14.5. The average molecular weight is 407 g/mol. The van der Waals surface area contributed by atoms with E-state index >= 15 is 0 Å². The molecule has 3 heterocycles. The molecule has 4 aromatic rings. The molecule has 30 heavy (non-hydrogen) atoms. The van der Waals surface area contributed by atoms with Crippen molar-refractivity contribution in [2.45, 2.75) is 18.3 Å². The van der Waals surface area contributed by atoms with Crippen molar-refractivity contribution in [1.82, 2.24) is 29.8 Å². The summed E-state index contributed by atoms with van der Waals surface area (Å²) in [4.78, 5) is 32.1. The number of nitrogens with one attached hydrogen (secondary N) is 2. The van der Waals surface area contributed by atoms with E-state index in [1.54, 1.807) is 12.1 Å². The first-order valence-electron chi connectivity index (χ1n) is 8.88. The molecule has 1 aromatic carbocycles. The number of fused-ring (bicyclic) bond motifs is 1. The Hall–Kier alpha value is -4.20. The lowest BCUT2D eigenvalue weighted by Crippen LogP contribution is -2.23. The standard InChI is InChI=1S/C19H11F2N7O2/c20-13-1-8(5-22)2-14(21)16(13)10-3-9(10)11-4-15(27-28-17(11)24-7-25-28)12-6-23-19(30)26-18(12)29/h1-2,4,6-7,9-10H,3H2,(H2,23,26,29,30)/t9-,10-/m0/s1. The Bertz CT molecular complexity index is 1460. The Morgan fingerprint density at radius 3 is 2.63 bits per heavy atom. The van der Waals surface area contributed by atoms with Gasteiger partial charge in [-0.25, -0.2) is 18.6 Å². The first-order valence-corrected chi connectivity index (χ1v) is 8.88. The third kappa shape index (κ3) is 2.77. The van der Waals surface area contributed by atoms with Crippen molar-refractivity contribution in [3.05, 3.63) is 79.9 Å². The van der Waals surface area contributed by atoms with Crippen LogP contribution in [0.1, 0.15) is 34.9 Å². The summed E-state index contributed by atoms with van der Waals surface area (Å²) in [5.74, 6) is -2.29. The minimum absolute atomic E-state index is 0.0862. The zero-order valence-electron chi connectivity index (χ0n) is 15.1. The normalized spacial score (nSPS) is 17.8. The van der Waals surface area contributed by atoms with Gasteiger partial charge in [0.15, 0.2) is 5.65 Å². The van der Waals surface area contributed by atoms with E-state index < -0.39 is 28.8 Å². The van der Waals surface area contributed by atoms with Gasteiger partial charge in [0.1, 0.15) is 23.7 Å². The summed E-state index contributed by atoms with van der Waals surface area (Å²) in [6.07, 6.45) is 2.97. The summed E-state index contributed by atoms with van der Waals surface area (Å²) in [5.41, 5.74) is -0.0924. The molecule has 11 heteroatoms. The van der Waals surface area contributed by atoms with Gasteiger partial charge in [-0.3, -0.25) is 9.78 Å². The van der Waals surface area contributed by atoms with Crippen molar-refractivity contribution < 1.29 is 8.78 Å². The van der Waals surface area contributed by atoms with Crippen LogP contribution in [0, 0.1) is 23.0 Å². The van der Waals surface area contributed by atoms with Crippen molar-refractivity contribution in [2.75, 3.05) is 0 Å². The van der Waals surface area contributed by atoms with Gasteiger partial charge in [0.2, 0.25) is 0 Å². The molecule has 0 unspecified atom stereocenters. The number of aromatic amines is 2. The smallest absolute Gasteiger partial charge is 0.313 e. The van der Waals surface area contributed by atoms with E-state index in [1.165, 1.54) is 17.2 Å². The summed E-state index contributed by atoms with van der Waals surface area (Å²) < 4.78 is 30.1. The van der Waals surface area contributed by atoms with Crippen LogP contribution in [0.2, 0.25) is 0 Å². The van der Waals surface area contributed by atoms with E-state index in [-0.39, 0.29) is 28.3 Å². The first kappa shape index (κ1) is 17.9. The second-order valence-corrected chi connectivity index (χ2v) is 6.96. The molecule has 1 saturated carbocycles. The van der Waals surface area contributed by atoms with Crippen LogP contribution in [0.25, 0.3) is 16.9 Å². The van der Waals surface area contributed by atoms with Crippen LogP contribution < -0.4 is 11.2 Å². The van der Waals surface area contributed by atoms with Gasteiger partial charge in [0.25, 0.3) is 5.56 Å². The Labute approximate surface area is 165 Å². The summed E-state index contributed by atoms with van der Waals surface area (Å²) in [6, 6.07) is 5.36. The molecule has 5 rings (SSSR count). The quantitative estimate of drug-likeness (QED) is 0.530. The molecule has 9 nitrogen and oxygen atoms in total. The van der Waals surface area contributed by atoms with Crippen LogP contribution in [0.5, 0.6) is 0 Å². The summed E-state index contributed by atoms with van der Waals surface area (Å²) >= 11 is 0. The molecular formula is C19H11F2N7O2. The summed E-state index contributed by atoms with van der Waals surface area (Å²) in [7, 11) is 0. The third-order valence-electron chi connectivity index (χ3n) is 5.15. The SMILES string of the molecule is N#Cc1cc(F)c([C@H]2C[C@@H]2c2cc(-c3c[nH]c(=O)[nH]c3=O)nn3ncnc23)c(F)c1. The predicted octanol–water partition coefficient (Wildman–Crippen LogP) is 1.59. The molecule has 3 aromatic heterocycles.